The van der Waals surface area contributed by atoms with E-state index in [-0.39, 0.29) is 30.4 Å². The van der Waals surface area contributed by atoms with Crippen molar-refractivity contribution in [2.45, 2.75) is 37.9 Å². The van der Waals surface area contributed by atoms with Gasteiger partial charge in [0.15, 0.2) is 0 Å². The van der Waals surface area contributed by atoms with E-state index in [0.717, 1.165) is 16.8 Å². The van der Waals surface area contributed by atoms with Gasteiger partial charge in [-0.05, 0) is 43.0 Å². The predicted molar refractivity (Wildman–Crippen MR) is 151 cm³/mol. The van der Waals surface area contributed by atoms with E-state index >= 15 is 0 Å². The van der Waals surface area contributed by atoms with Gasteiger partial charge < -0.3 is 25.3 Å². The first kappa shape index (κ1) is 26.3. The Morgan fingerprint density at radius 1 is 0.872 bits per heavy atom. The number of benzene rings is 3. The van der Waals surface area contributed by atoms with Crippen molar-refractivity contribution in [3.8, 4) is 0 Å². The van der Waals surface area contributed by atoms with E-state index in [1.54, 1.807) is 9.80 Å². The van der Waals surface area contributed by atoms with E-state index in [1.165, 1.54) is 0 Å². The van der Waals surface area contributed by atoms with Gasteiger partial charge in [0.1, 0.15) is 12.1 Å². The molecule has 2 aliphatic rings. The van der Waals surface area contributed by atoms with Crippen LogP contribution in [0.4, 0.5) is 10.5 Å². The highest BCUT2D eigenvalue weighted by Crippen LogP contribution is 2.39. The number of rotatable bonds is 7. The van der Waals surface area contributed by atoms with Gasteiger partial charge in [0.05, 0.1) is 12.7 Å². The Balaban J connectivity index is 1.26. The quantitative estimate of drug-likeness (QED) is 0.490. The highest BCUT2D eigenvalue weighted by molar-refractivity contribution is 5.96. The molecule has 0 bridgehead atoms. The van der Waals surface area contributed by atoms with Gasteiger partial charge >= 0.3 is 6.03 Å². The van der Waals surface area contributed by atoms with Crippen molar-refractivity contribution < 1.29 is 14.4 Å². The average molecular weight is 526 g/mol. The third kappa shape index (κ3) is 5.74. The number of hydrogen-bond acceptors (Lipinski definition) is 4. The maximum atomic E-state index is 13.9. The molecule has 0 radical (unpaired) electrons. The summed E-state index contributed by atoms with van der Waals surface area (Å²) in [7, 11) is 0. The van der Waals surface area contributed by atoms with E-state index in [9.17, 15) is 14.4 Å². The summed E-state index contributed by atoms with van der Waals surface area (Å²) in [5.74, 6) is -0.249. The highest BCUT2D eigenvalue weighted by atomic mass is 16.2. The molecule has 0 aromatic heterocycles. The minimum absolute atomic E-state index is 0.0115. The van der Waals surface area contributed by atoms with E-state index in [2.05, 4.69) is 15.5 Å². The summed E-state index contributed by atoms with van der Waals surface area (Å²) in [6.45, 7) is 3.64. The number of hydrogen-bond donors (Lipinski definition) is 2. The summed E-state index contributed by atoms with van der Waals surface area (Å²) in [5.41, 5.74) is 2.20. The second-order valence-corrected chi connectivity index (χ2v) is 10.3. The number of carbonyl (C=O) groups is 3. The Morgan fingerprint density at radius 3 is 2.10 bits per heavy atom. The Hall–Kier alpha value is -4.33. The molecule has 39 heavy (non-hydrogen) atoms. The zero-order valence-electron chi connectivity index (χ0n) is 22.3. The zero-order valence-corrected chi connectivity index (χ0v) is 22.3. The lowest BCUT2D eigenvalue weighted by Crippen LogP contribution is -2.58. The Labute approximate surface area is 229 Å². The summed E-state index contributed by atoms with van der Waals surface area (Å²) < 4.78 is 0. The lowest BCUT2D eigenvalue weighted by Gasteiger charge is -2.43. The summed E-state index contributed by atoms with van der Waals surface area (Å²) in [4.78, 5) is 45.3. The summed E-state index contributed by atoms with van der Waals surface area (Å²) in [6, 6.07) is 29.1. The summed E-state index contributed by atoms with van der Waals surface area (Å²) in [6.07, 6.45) is 0.996. The fourth-order valence-corrected chi connectivity index (χ4v) is 5.57. The van der Waals surface area contributed by atoms with Crippen molar-refractivity contribution in [2.24, 2.45) is 0 Å². The number of nitrogens with zero attached hydrogens (tertiary/aromatic N) is 3. The molecule has 0 unspecified atom stereocenters. The average Bonchev–Trinajstić information content (AvgIpc) is 3.23. The van der Waals surface area contributed by atoms with Gasteiger partial charge in [-0.1, -0.05) is 78.9 Å². The van der Waals surface area contributed by atoms with Gasteiger partial charge in [-0.25, -0.2) is 4.79 Å². The molecular formula is C31H35N5O3. The molecule has 4 amide bonds. The van der Waals surface area contributed by atoms with Gasteiger partial charge in [-0.15, -0.1) is 0 Å². The van der Waals surface area contributed by atoms with Crippen molar-refractivity contribution >= 4 is 23.5 Å². The number of amides is 4. The van der Waals surface area contributed by atoms with Crippen LogP contribution in [0, 0.1) is 0 Å². The molecule has 202 valence electrons. The number of para-hydroxylation sites is 1. The van der Waals surface area contributed by atoms with Crippen LogP contribution >= 0.6 is 0 Å². The first-order chi connectivity index (χ1) is 19.0. The number of likely N-dealkylation sites (tertiary alicyclic amines) is 1. The van der Waals surface area contributed by atoms with Gasteiger partial charge in [-0.3, -0.25) is 9.59 Å². The van der Waals surface area contributed by atoms with Crippen LogP contribution in [0.15, 0.2) is 91.0 Å². The van der Waals surface area contributed by atoms with Crippen molar-refractivity contribution in [1.82, 2.24) is 20.4 Å². The van der Waals surface area contributed by atoms with Crippen LogP contribution in [0.5, 0.6) is 0 Å². The molecule has 8 nitrogen and oxygen atoms in total. The SMILES string of the molecule is C[C@H](NC(=O)CN1CN(c2ccccc2)C2(CCN(C(=O)NCc3ccccc3)CC2)C1=O)c1ccccc1. The third-order valence-corrected chi connectivity index (χ3v) is 7.76. The summed E-state index contributed by atoms with van der Waals surface area (Å²) in [5, 5.41) is 6.02. The van der Waals surface area contributed by atoms with Crippen molar-refractivity contribution in [3.05, 3.63) is 102 Å². The lowest BCUT2D eigenvalue weighted by molar-refractivity contribution is -0.137. The molecule has 2 aliphatic heterocycles. The molecule has 2 heterocycles. The monoisotopic (exact) mass is 525 g/mol. The van der Waals surface area contributed by atoms with Crippen LogP contribution in [0.1, 0.15) is 36.9 Å². The van der Waals surface area contributed by atoms with Gasteiger partial charge in [0, 0.05) is 25.3 Å². The highest BCUT2D eigenvalue weighted by Gasteiger charge is 2.54. The molecule has 2 fully saturated rings. The van der Waals surface area contributed by atoms with Crippen LogP contribution in [0.2, 0.25) is 0 Å². The molecule has 1 spiro atoms. The molecule has 2 saturated heterocycles. The maximum Gasteiger partial charge on any atom is 0.317 e. The lowest BCUT2D eigenvalue weighted by atomic mass is 9.85. The van der Waals surface area contributed by atoms with Crippen molar-refractivity contribution in [1.29, 1.82) is 0 Å². The molecule has 2 N–H and O–H groups in total. The van der Waals surface area contributed by atoms with Crippen molar-refractivity contribution in [3.63, 3.8) is 0 Å². The molecular weight excluding hydrogens is 490 g/mol. The molecule has 3 aromatic rings. The van der Waals surface area contributed by atoms with Gasteiger partial charge in [-0.2, -0.15) is 0 Å². The first-order valence-corrected chi connectivity index (χ1v) is 13.5. The largest absolute Gasteiger partial charge is 0.348 e. The Bertz CT molecular complexity index is 1280. The number of piperidine rings is 1. The van der Waals surface area contributed by atoms with E-state index in [0.29, 0.717) is 39.1 Å². The van der Waals surface area contributed by atoms with Gasteiger partial charge in [0.2, 0.25) is 5.91 Å². The van der Waals surface area contributed by atoms with Crippen LogP contribution < -0.4 is 15.5 Å². The van der Waals surface area contributed by atoms with Crippen LogP contribution in [0.3, 0.4) is 0 Å². The zero-order chi connectivity index (χ0) is 27.2. The molecule has 0 saturated carbocycles. The van der Waals surface area contributed by atoms with Crippen LogP contribution in [-0.2, 0) is 16.1 Å². The van der Waals surface area contributed by atoms with Gasteiger partial charge in [0.25, 0.3) is 5.91 Å². The summed E-state index contributed by atoms with van der Waals surface area (Å²) >= 11 is 0. The number of carbonyl (C=O) groups excluding carboxylic acids is 3. The first-order valence-electron chi connectivity index (χ1n) is 13.5. The van der Waals surface area contributed by atoms with Crippen molar-refractivity contribution in [2.75, 3.05) is 31.2 Å². The molecule has 8 heteroatoms. The fourth-order valence-electron chi connectivity index (χ4n) is 5.57. The fraction of sp³-hybridized carbons (Fsp3) is 0.323. The molecule has 3 aromatic carbocycles. The van der Waals surface area contributed by atoms with Crippen LogP contribution in [-0.4, -0.2) is 59.5 Å². The number of anilines is 1. The molecule has 5 rings (SSSR count). The molecule has 1 atom stereocenters. The smallest absolute Gasteiger partial charge is 0.317 e. The van der Waals surface area contributed by atoms with E-state index < -0.39 is 5.54 Å². The minimum atomic E-state index is -0.789. The number of urea groups is 1. The number of nitrogens with one attached hydrogen (secondary N) is 2. The van der Waals surface area contributed by atoms with Crippen LogP contribution in [0.25, 0.3) is 0 Å². The second-order valence-electron chi connectivity index (χ2n) is 10.3. The van der Waals surface area contributed by atoms with E-state index in [4.69, 9.17) is 0 Å². The normalized spacial score (nSPS) is 17.3. The van der Waals surface area contributed by atoms with E-state index in [1.807, 2.05) is 97.9 Å². The Kier molecular flexibility index (Phi) is 7.81. The predicted octanol–water partition coefficient (Wildman–Crippen LogP) is 3.91. The maximum absolute atomic E-state index is 13.9. The molecule has 0 aliphatic carbocycles. The Morgan fingerprint density at radius 2 is 1.46 bits per heavy atom. The minimum Gasteiger partial charge on any atom is -0.348 e. The standard InChI is InChI=1S/C31H35N5O3/c1-24(26-13-7-3-8-14-26)33-28(37)22-35-23-36(27-15-9-4-10-16-27)31(29(35)38)17-19-34(20-18-31)30(39)32-21-25-11-5-2-6-12-25/h2-16,24H,17-23H2,1H3,(H,32,39)(H,33,37)/t24-/m0/s1. The third-order valence-electron chi connectivity index (χ3n) is 7.76. The topological polar surface area (TPSA) is 85.0 Å². The second kappa shape index (κ2) is 11.6.